The number of nitrogens with one attached hydrogen (secondary N) is 1. The number of benzene rings is 2. The summed E-state index contributed by atoms with van der Waals surface area (Å²) in [5.41, 5.74) is 3.27. The minimum absolute atomic E-state index is 0.246. The van der Waals surface area contributed by atoms with E-state index in [0.29, 0.717) is 10.8 Å². The molecule has 2 N–H and O–H groups in total. The van der Waals surface area contributed by atoms with E-state index in [1.807, 2.05) is 24.3 Å². The second-order valence-corrected chi connectivity index (χ2v) is 5.97. The minimum atomic E-state index is 0.246. The molecule has 19 heavy (non-hydrogen) atoms. The maximum atomic E-state index is 9.84. The zero-order valence-corrected chi connectivity index (χ0v) is 12.5. The lowest BCUT2D eigenvalue weighted by Gasteiger charge is -2.16. The SMILES string of the molecule is Oc1cccc2c1CCC2Nc1ccc(Cl)c(Br)c1. The van der Waals surface area contributed by atoms with Crippen molar-refractivity contribution in [3.8, 4) is 5.75 Å². The molecule has 1 aliphatic carbocycles. The fraction of sp³-hybridized carbons (Fsp3) is 0.200. The molecule has 0 amide bonds. The summed E-state index contributed by atoms with van der Waals surface area (Å²) in [6, 6.07) is 11.8. The lowest BCUT2D eigenvalue weighted by Crippen LogP contribution is -2.06. The van der Waals surface area contributed by atoms with Crippen LogP contribution in [0.2, 0.25) is 5.02 Å². The van der Waals surface area contributed by atoms with Gasteiger partial charge in [0.05, 0.1) is 11.1 Å². The van der Waals surface area contributed by atoms with Crippen LogP contribution in [0.4, 0.5) is 5.69 Å². The van der Waals surface area contributed by atoms with Gasteiger partial charge >= 0.3 is 0 Å². The number of halogens is 2. The van der Waals surface area contributed by atoms with Gasteiger partial charge in [0.15, 0.2) is 0 Å². The molecular formula is C15H13BrClNO. The predicted octanol–water partition coefficient (Wildman–Crippen LogP) is 4.91. The zero-order chi connectivity index (χ0) is 13.4. The summed E-state index contributed by atoms with van der Waals surface area (Å²) in [4.78, 5) is 0. The fourth-order valence-corrected chi connectivity index (χ4v) is 3.07. The molecule has 0 bridgehead atoms. The molecule has 4 heteroatoms. The van der Waals surface area contributed by atoms with E-state index in [-0.39, 0.29) is 6.04 Å². The van der Waals surface area contributed by atoms with Crippen LogP contribution in [0.25, 0.3) is 0 Å². The van der Waals surface area contributed by atoms with Crippen molar-refractivity contribution in [2.45, 2.75) is 18.9 Å². The molecule has 2 aromatic carbocycles. The van der Waals surface area contributed by atoms with Gasteiger partial charge in [0.25, 0.3) is 0 Å². The molecule has 2 aromatic rings. The van der Waals surface area contributed by atoms with Crippen LogP contribution in [0.1, 0.15) is 23.6 Å². The highest BCUT2D eigenvalue weighted by atomic mass is 79.9. The van der Waals surface area contributed by atoms with E-state index in [2.05, 4.69) is 27.3 Å². The van der Waals surface area contributed by atoms with Gasteiger partial charge in [0.1, 0.15) is 5.75 Å². The Kier molecular flexibility index (Phi) is 3.42. The minimum Gasteiger partial charge on any atom is -0.508 e. The average Bonchev–Trinajstić information content (AvgIpc) is 2.79. The van der Waals surface area contributed by atoms with Gasteiger partial charge in [-0.25, -0.2) is 0 Å². The Morgan fingerprint density at radius 2 is 2.11 bits per heavy atom. The molecule has 1 unspecified atom stereocenters. The summed E-state index contributed by atoms with van der Waals surface area (Å²) < 4.78 is 0.883. The Morgan fingerprint density at radius 3 is 2.89 bits per heavy atom. The van der Waals surface area contributed by atoms with Crippen molar-refractivity contribution in [1.82, 2.24) is 0 Å². The van der Waals surface area contributed by atoms with E-state index in [4.69, 9.17) is 11.6 Å². The standard InChI is InChI=1S/C15H13BrClNO/c16-12-8-9(4-6-13(12)17)18-14-7-5-11-10(14)2-1-3-15(11)19/h1-4,6,8,14,18-19H,5,7H2. The van der Waals surface area contributed by atoms with Gasteiger partial charge in [-0.1, -0.05) is 23.7 Å². The van der Waals surface area contributed by atoms with Crippen LogP contribution in [0.5, 0.6) is 5.75 Å². The first kappa shape index (κ1) is 12.8. The topological polar surface area (TPSA) is 32.3 Å². The zero-order valence-electron chi connectivity index (χ0n) is 10.2. The molecule has 1 aliphatic rings. The highest BCUT2D eigenvalue weighted by Crippen LogP contribution is 2.38. The molecule has 3 rings (SSSR count). The average molecular weight is 339 g/mol. The lowest BCUT2D eigenvalue weighted by molar-refractivity contribution is 0.469. The van der Waals surface area contributed by atoms with Crippen LogP contribution in [0.3, 0.4) is 0 Å². The Morgan fingerprint density at radius 1 is 1.26 bits per heavy atom. The van der Waals surface area contributed by atoms with Crippen LogP contribution in [-0.2, 0) is 6.42 Å². The molecule has 2 nitrogen and oxygen atoms in total. The molecule has 1 atom stereocenters. The smallest absolute Gasteiger partial charge is 0.119 e. The number of phenols is 1. The molecular weight excluding hydrogens is 326 g/mol. The quantitative estimate of drug-likeness (QED) is 0.815. The first-order chi connectivity index (χ1) is 9.15. The summed E-state index contributed by atoms with van der Waals surface area (Å²) in [5, 5.41) is 14.0. The third-order valence-electron chi connectivity index (χ3n) is 3.51. The molecule has 98 valence electrons. The van der Waals surface area contributed by atoms with Gasteiger partial charge in [0.2, 0.25) is 0 Å². The van der Waals surface area contributed by atoms with Crippen molar-refractivity contribution >= 4 is 33.2 Å². The van der Waals surface area contributed by atoms with Crippen LogP contribution in [0.15, 0.2) is 40.9 Å². The van der Waals surface area contributed by atoms with Crippen molar-refractivity contribution in [2.24, 2.45) is 0 Å². The molecule has 0 aliphatic heterocycles. The van der Waals surface area contributed by atoms with Crippen LogP contribution in [0, 0.1) is 0 Å². The number of anilines is 1. The van der Waals surface area contributed by atoms with E-state index in [0.717, 1.165) is 28.6 Å². The van der Waals surface area contributed by atoms with Crippen LogP contribution >= 0.6 is 27.5 Å². The van der Waals surface area contributed by atoms with Crippen molar-refractivity contribution in [3.05, 3.63) is 57.0 Å². The van der Waals surface area contributed by atoms with Crippen molar-refractivity contribution in [2.75, 3.05) is 5.32 Å². The molecule has 0 heterocycles. The lowest BCUT2D eigenvalue weighted by atomic mass is 10.1. The van der Waals surface area contributed by atoms with E-state index in [1.165, 1.54) is 5.56 Å². The highest BCUT2D eigenvalue weighted by Gasteiger charge is 2.24. The Labute approximate surface area is 125 Å². The van der Waals surface area contributed by atoms with Crippen LogP contribution in [-0.4, -0.2) is 5.11 Å². The van der Waals surface area contributed by atoms with E-state index in [1.54, 1.807) is 6.07 Å². The highest BCUT2D eigenvalue weighted by molar-refractivity contribution is 9.10. The third kappa shape index (κ3) is 2.45. The maximum Gasteiger partial charge on any atom is 0.119 e. The number of rotatable bonds is 2. The first-order valence-corrected chi connectivity index (χ1v) is 7.34. The van der Waals surface area contributed by atoms with Gasteiger partial charge in [-0.3, -0.25) is 0 Å². The number of phenolic OH excluding ortho intramolecular Hbond substituents is 1. The Balaban J connectivity index is 1.86. The van der Waals surface area contributed by atoms with Crippen molar-refractivity contribution in [1.29, 1.82) is 0 Å². The van der Waals surface area contributed by atoms with Gasteiger partial charge < -0.3 is 10.4 Å². The monoisotopic (exact) mass is 337 g/mol. The third-order valence-corrected chi connectivity index (χ3v) is 4.72. The van der Waals surface area contributed by atoms with Gasteiger partial charge in [-0.2, -0.15) is 0 Å². The summed E-state index contributed by atoms with van der Waals surface area (Å²) in [5.74, 6) is 0.402. The maximum absolute atomic E-state index is 9.84. The predicted molar refractivity (Wildman–Crippen MR) is 81.9 cm³/mol. The summed E-state index contributed by atoms with van der Waals surface area (Å²) >= 11 is 9.42. The second-order valence-electron chi connectivity index (χ2n) is 4.71. The Hall–Kier alpha value is -1.19. The van der Waals surface area contributed by atoms with Gasteiger partial charge in [-0.05, 0) is 64.2 Å². The van der Waals surface area contributed by atoms with Crippen LogP contribution < -0.4 is 5.32 Å². The number of hydrogen-bond donors (Lipinski definition) is 2. The molecule has 0 fully saturated rings. The van der Waals surface area contributed by atoms with Gasteiger partial charge in [-0.15, -0.1) is 0 Å². The normalized spacial score (nSPS) is 17.3. The molecule has 0 aromatic heterocycles. The van der Waals surface area contributed by atoms with Crippen molar-refractivity contribution < 1.29 is 5.11 Å². The number of hydrogen-bond acceptors (Lipinski definition) is 2. The summed E-state index contributed by atoms with van der Waals surface area (Å²) in [6.07, 6.45) is 1.90. The van der Waals surface area contributed by atoms with Crippen molar-refractivity contribution in [3.63, 3.8) is 0 Å². The Bertz CT molecular complexity index is 630. The molecule has 0 saturated heterocycles. The van der Waals surface area contributed by atoms with E-state index >= 15 is 0 Å². The number of aromatic hydroxyl groups is 1. The molecule has 0 saturated carbocycles. The fourth-order valence-electron chi connectivity index (χ4n) is 2.57. The number of fused-ring (bicyclic) bond motifs is 1. The second kappa shape index (κ2) is 5.06. The van der Waals surface area contributed by atoms with E-state index in [9.17, 15) is 5.11 Å². The molecule has 0 spiro atoms. The van der Waals surface area contributed by atoms with Gasteiger partial charge in [0, 0.05) is 10.2 Å². The summed E-state index contributed by atoms with van der Waals surface area (Å²) in [6.45, 7) is 0. The van der Waals surface area contributed by atoms with E-state index < -0.39 is 0 Å². The first-order valence-electron chi connectivity index (χ1n) is 6.17. The summed E-state index contributed by atoms with van der Waals surface area (Å²) in [7, 11) is 0. The molecule has 0 radical (unpaired) electrons. The largest absolute Gasteiger partial charge is 0.508 e.